The van der Waals surface area contributed by atoms with Gasteiger partial charge < -0.3 is 5.11 Å². The number of aliphatic hydroxyl groups is 1. The van der Waals surface area contributed by atoms with Gasteiger partial charge in [-0.15, -0.1) is 0 Å². The van der Waals surface area contributed by atoms with Gasteiger partial charge in [0.05, 0.1) is 5.60 Å². The van der Waals surface area contributed by atoms with Crippen molar-refractivity contribution in [3.8, 4) is 0 Å². The zero-order chi connectivity index (χ0) is 16.6. The molecule has 0 aromatic rings. The van der Waals surface area contributed by atoms with Crippen LogP contribution in [-0.4, -0.2) is 20.4 Å². The van der Waals surface area contributed by atoms with E-state index in [9.17, 15) is 9.90 Å². The summed E-state index contributed by atoms with van der Waals surface area (Å²) in [6.45, 7) is 6.95. The van der Waals surface area contributed by atoms with Gasteiger partial charge in [-0.05, 0) is 80.0 Å². The van der Waals surface area contributed by atoms with Crippen LogP contribution in [0.2, 0.25) is 0 Å². The molecule has 1 N–H and O–H groups in total. The van der Waals surface area contributed by atoms with Crippen molar-refractivity contribution in [1.82, 2.24) is 0 Å². The summed E-state index contributed by atoms with van der Waals surface area (Å²) in [6.07, 6.45) is 8.57. The maximum Gasteiger partial charge on any atom is 0.133 e. The average molecular weight is 428 g/mol. The van der Waals surface area contributed by atoms with Gasteiger partial charge in [0, 0.05) is 16.8 Å². The van der Waals surface area contributed by atoms with Gasteiger partial charge in [0.1, 0.15) is 5.78 Å². The van der Waals surface area contributed by atoms with E-state index >= 15 is 0 Å². The molecule has 23 heavy (non-hydrogen) atoms. The third-order valence-corrected chi connectivity index (χ3v) is 10.4. The molecule has 4 saturated carbocycles. The molecule has 3 heteroatoms. The smallest absolute Gasteiger partial charge is 0.133 e. The van der Waals surface area contributed by atoms with Crippen LogP contribution in [0.25, 0.3) is 0 Å². The fraction of sp³-hybridized carbons (Fsp3) is 0.950. The highest BCUT2D eigenvalue weighted by molar-refractivity contribution is 14.1. The van der Waals surface area contributed by atoms with Crippen LogP contribution in [0.15, 0.2) is 0 Å². The van der Waals surface area contributed by atoms with E-state index in [2.05, 4.69) is 43.4 Å². The molecule has 0 aromatic carbocycles. The van der Waals surface area contributed by atoms with Crippen LogP contribution >= 0.6 is 22.6 Å². The van der Waals surface area contributed by atoms with Gasteiger partial charge in [-0.25, -0.2) is 0 Å². The predicted molar refractivity (Wildman–Crippen MR) is 101 cm³/mol. The number of ketones is 1. The van der Waals surface area contributed by atoms with E-state index in [0.717, 1.165) is 37.5 Å². The first-order valence-electron chi connectivity index (χ1n) is 9.57. The summed E-state index contributed by atoms with van der Waals surface area (Å²) in [6, 6.07) is 0. The highest BCUT2D eigenvalue weighted by Crippen LogP contribution is 2.68. The Balaban J connectivity index is 1.70. The lowest BCUT2D eigenvalue weighted by molar-refractivity contribution is -0.149. The number of hydrogen-bond acceptors (Lipinski definition) is 2. The molecule has 130 valence electrons. The molecule has 0 saturated heterocycles. The largest absolute Gasteiger partial charge is 0.390 e. The van der Waals surface area contributed by atoms with Crippen molar-refractivity contribution in [3.05, 3.63) is 0 Å². The standard InChI is InChI=1S/C20H31IO2/c1-18-7-4-13(22)10-12(18)11-16(21)17-14(18)5-8-19(2)15(17)6-9-20(19,3)23/h12,14-17,23H,4-11H2,1-3H3/t12-,14+,15+,16-,17-,18+,19+,20+/m1/s1/i21-2. The molecule has 0 radical (unpaired) electrons. The number of carbonyl (C=O) groups excluding carboxylic acids is 1. The summed E-state index contributed by atoms with van der Waals surface area (Å²) in [4.78, 5) is 12.0. The van der Waals surface area contributed by atoms with Crippen LogP contribution in [0.4, 0.5) is 0 Å². The molecule has 0 unspecified atom stereocenters. The summed E-state index contributed by atoms with van der Waals surface area (Å²) in [5.41, 5.74) is -0.0133. The minimum absolute atomic E-state index is 0.102. The van der Waals surface area contributed by atoms with Crippen LogP contribution in [0.1, 0.15) is 72.1 Å². The number of Topliss-reactive ketones (excluding diaryl/α,β-unsaturated/α-hetero) is 1. The maximum absolute atomic E-state index is 12.0. The zero-order valence-electron chi connectivity index (χ0n) is 14.8. The highest BCUT2D eigenvalue weighted by Gasteiger charge is 2.64. The van der Waals surface area contributed by atoms with Gasteiger partial charge in [0.15, 0.2) is 0 Å². The van der Waals surface area contributed by atoms with Crippen molar-refractivity contribution in [2.75, 3.05) is 0 Å². The normalized spacial score (nSPS) is 59.2. The molecular formula is C20H31IO2. The Morgan fingerprint density at radius 2 is 1.78 bits per heavy atom. The summed E-state index contributed by atoms with van der Waals surface area (Å²) < 4.78 is 0.681. The number of fused-ring (bicyclic) bond motifs is 5. The molecule has 0 spiro atoms. The molecule has 4 aliphatic carbocycles. The molecule has 0 aromatic heterocycles. The molecule has 2 nitrogen and oxygen atoms in total. The highest BCUT2D eigenvalue weighted by atomic mass is 125. The van der Waals surface area contributed by atoms with E-state index in [1.54, 1.807) is 0 Å². The molecule has 0 amide bonds. The predicted octanol–water partition coefficient (Wildman–Crippen LogP) is 4.76. The Bertz CT molecular complexity index is 530. The minimum atomic E-state index is -0.487. The molecule has 4 rings (SSSR count). The number of carbonyl (C=O) groups is 1. The van der Waals surface area contributed by atoms with Crippen LogP contribution in [0.5, 0.6) is 0 Å². The van der Waals surface area contributed by atoms with Gasteiger partial charge in [-0.1, -0.05) is 36.4 Å². The fourth-order valence-corrected chi connectivity index (χ4v) is 8.82. The van der Waals surface area contributed by atoms with Crippen molar-refractivity contribution < 1.29 is 9.90 Å². The summed E-state index contributed by atoms with van der Waals surface area (Å²) in [5.74, 6) is 3.30. The summed E-state index contributed by atoms with van der Waals surface area (Å²) in [7, 11) is 0. The quantitative estimate of drug-likeness (QED) is 0.446. The zero-order valence-corrected chi connectivity index (χ0v) is 16.9. The number of rotatable bonds is 0. The third-order valence-electron chi connectivity index (χ3n) is 9.02. The van der Waals surface area contributed by atoms with Crippen molar-refractivity contribution in [3.63, 3.8) is 0 Å². The second kappa shape index (κ2) is 5.18. The lowest BCUT2D eigenvalue weighted by Gasteiger charge is -2.62. The monoisotopic (exact) mass is 428 g/mol. The Hall–Kier alpha value is 0.360. The van der Waals surface area contributed by atoms with E-state index in [1.165, 1.54) is 25.7 Å². The average Bonchev–Trinajstić information content (AvgIpc) is 2.72. The number of halogens is 1. The van der Waals surface area contributed by atoms with Gasteiger partial charge >= 0.3 is 0 Å². The van der Waals surface area contributed by atoms with E-state index in [-0.39, 0.29) is 5.41 Å². The SMILES string of the molecule is C[C@]12CCC(=O)C[C@@H]1C[C@@H]([125I])[C@@H]1[C@@H]2CC[C@@]2(C)[C@H]1CC[C@]2(C)O. The lowest BCUT2D eigenvalue weighted by Crippen LogP contribution is -2.58. The molecule has 4 aliphatic rings. The Morgan fingerprint density at radius 3 is 2.52 bits per heavy atom. The summed E-state index contributed by atoms with van der Waals surface area (Å²) >= 11 is 2.70. The van der Waals surface area contributed by atoms with Crippen molar-refractivity contribution in [2.24, 2.45) is 34.5 Å². The first kappa shape index (κ1) is 16.8. The second-order valence-corrected chi connectivity index (χ2v) is 11.4. The second-order valence-electron chi connectivity index (χ2n) is 9.76. The molecule has 4 fully saturated rings. The van der Waals surface area contributed by atoms with Crippen LogP contribution in [-0.2, 0) is 4.79 Å². The fourth-order valence-electron chi connectivity index (χ4n) is 7.21. The first-order chi connectivity index (χ1) is 10.7. The Kier molecular flexibility index (Phi) is 3.79. The van der Waals surface area contributed by atoms with Crippen molar-refractivity contribution >= 4 is 28.4 Å². The third kappa shape index (κ3) is 2.17. The van der Waals surface area contributed by atoms with Gasteiger partial charge in [-0.2, -0.15) is 0 Å². The van der Waals surface area contributed by atoms with E-state index < -0.39 is 5.60 Å². The molecular weight excluding hydrogens is 397 g/mol. The Morgan fingerprint density at radius 1 is 1.09 bits per heavy atom. The minimum Gasteiger partial charge on any atom is -0.390 e. The van der Waals surface area contributed by atoms with Crippen LogP contribution < -0.4 is 0 Å². The summed E-state index contributed by atoms with van der Waals surface area (Å²) in [5, 5.41) is 11.0. The van der Waals surface area contributed by atoms with E-state index in [1.807, 2.05) is 0 Å². The number of hydrogen-bond donors (Lipinski definition) is 1. The van der Waals surface area contributed by atoms with Gasteiger partial charge in [0.2, 0.25) is 0 Å². The van der Waals surface area contributed by atoms with Gasteiger partial charge in [-0.3, -0.25) is 4.79 Å². The molecule has 8 atom stereocenters. The van der Waals surface area contributed by atoms with E-state index in [4.69, 9.17) is 0 Å². The van der Waals surface area contributed by atoms with E-state index in [0.29, 0.717) is 27.0 Å². The number of alkyl halides is 1. The Labute approximate surface area is 154 Å². The molecule has 0 bridgehead atoms. The van der Waals surface area contributed by atoms with Crippen molar-refractivity contribution in [1.29, 1.82) is 0 Å². The van der Waals surface area contributed by atoms with Gasteiger partial charge in [0.25, 0.3) is 0 Å². The van der Waals surface area contributed by atoms with Crippen LogP contribution in [0, 0.1) is 34.5 Å². The maximum atomic E-state index is 12.0. The van der Waals surface area contributed by atoms with Crippen molar-refractivity contribution in [2.45, 2.75) is 81.7 Å². The molecule has 0 aliphatic heterocycles. The molecule has 0 heterocycles. The van der Waals surface area contributed by atoms with Crippen LogP contribution in [0.3, 0.4) is 0 Å². The topological polar surface area (TPSA) is 37.3 Å². The lowest BCUT2D eigenvalue weighted by atomic mass is 9.44. The first-order valence-corrected chi connectivity index (χ1v) is 10.8.